The van der Waals surface area contributed by atoms with E-state index in [2.05, 4.69) is 0 Å². The fourth-order valence-electron chi connectivity index (χ4n) is 1.28. The van der Waals surface area contributed by atoms with Crippen molar-refractivity contribution >= 4 is 12.0 Å². The molecule has 21 heavy (non-hydrogen) atoms. The van der Waals surface area contributed by atoms with Crippen LogP contribution in [0.4, 0.5) is 31.1 Å². The van der Waals surface area contributed by atoms with Gasteiger partial charge < -0.3 is 15.3 Å². The summed E-state index contributed by atoms with van der Waals surface area (Å²) in [5.74, 6) is -2.42. The normalized spacial score (nSPS) is 15.2. The number of carboxylic acid groups (broad SMARTS) is 1. The van der Waals surface area contributed by atoms with Crippen LogP contribution in [0.2, 0.25) is 0 Å². The van der Waals surface area contributed by atoms with Crippen LogP contribution in [-0.4, -0.2) is 53.0 Å². The standard InChI is InChI=1S/C10H14F6N2O3/c1-3-4-18(5-9(11,12)13)7(21)17-8(2,6(19)20)10(14,15)16/h3-5H2,1-2H3,(H,17,21)(H,19,20). The van der Waals surface area contributed by atoms with Gasteiger partial charge in [0.15, 0.2) is 0 Å². The third kappa shape index (κ3) is 5.31. The summed E-state index contributed by atoms with van der Waals surface area (Å²) >= 11 is 0. The van der Waals surface area contributed by atoms with Crippen molar-refractivity contribution in [1.82, 2.24) is 10.2 Å². The van der Waals surface area contributed by atoms with Crippen LogP contribution in [0, 0.1) is 0 Å². The SMILES string of the molecule is CCCN(CC(F)(F)F)C(=O)NC(C)(C(=O)O)C(F)(F)F. The zero-order valence-corrected chi connectivity index (χ0v) is 11.1. The molecule has 1 atom stereocenters. The lowest BCUT2D eigenvalue weighted by molar-refractivity contribution is -0.203. The van der Waals surface area contributed by atoms with E-state index in [4.69, 9.17) is 5.11 Å². The van der Waals surface area contributed by atoms with Crippen molar-refractivity contribution in [1.29, 1.82) is 0 Å². The number of carbonyl (C=O) groups is 2. The number of halogens is 6. The van der Waals surface area contributed by atoms with E-state index in [1.807, 2.05) is 0 Å². The van der Waals surface area contributed by atoms with Gasteiger partial charge in [-0.2, -0.15) is 26.3 Å². The molecule has 5 nitrogen and oxygen atoms in total. The number of aliphatic carboxylic acids is 1. The number of amides is 2. The van der Waals surface area contributed by atoms with Gasteiger partial charge in [0.1, 0.15) is 6.54 Å². The number of rotatable bonds is 5. The molecule has 2 N–H and O–H groups in total. The van der Waals surface area contributed by atoms with E-state index >= 15 is 0 Å². The summed E-state index contributed by atoms with van der Waals surface area (Å²) in [7, 11) is 0. The van der Waals surface area contributed by atoms with Crippen molar-refractivity contribution in [3.63, 3.8) is 0 Å². The van der Waals surface area contributed by atoms with E-state index in [0.717, 1.165) is 5.32 Å². The second-order valence-corrected chi connectivity index (χ2v) is 4.39. The largest absolute Gasteiger partial charge is 0.479 e. The smallest absolute Gasteiger partial charge is 0.422 e. The molecule has 2 amide bonds. The predicted molar refractivity (Wildman–Crippen MR) is 58.5 cm³/mol. The van der Waals surface area contributed by atoms with Crippen LogP contribution in [0.3, 0.4) is 0 Å². The molecule has 0 rings (SSSR count). The topological polar surface area (TPSA) is 69.6 Å². The highest BCUT2D eigenvalue weighted by atomic mass is 19.4. The average molecular weight is 324 g/mol. The van der Waals surface area contributed by atoms with Gasteiger partial charge in [0, 0.05) is 6.54 Å². The molecule has 11 heteroatoms. The third-order valence-electron chi connectivity index (χ3n) is 2.50. The molecule has 0 saturated carbocycles. The van der Waals surface area contributed by atoms with Crippen molar-refractivity contribution in [2.75, 3.05) is 13.1 Å². The Bertz CT molecular complexity index is 395. The maximum Gasteiger partial charge on any atom is 0.422 e. The van der Waals surface area contributed by atoms with Crippen LogP contribution in [0.1, 0.15) is 20.3 Å². The Morgan fingerprint density at radius 3 is 1.90 bits per heavy atom. The number of alkyl halides is 6. The Hall–Kier alpha value is -1.68. The summed E-state index contributed by atoms with van der Waals surface area (Å²) in [5, 5.41) is 9.69. The molecule has 0 bridgehead atoms. The minimum Gasteiger partial charge on any atom is -0.479 e. The monoisotopic (exact) mass is 324 g/mol. The maximum atomic E-state index is 12.7. The molecule has 0 fully saturated rings. The summed E-state index contributed by atoms with van der Waals surface area (Å²) in [6.07, 6.45) is -10.1. The van der Waals surface area contributed by atoms with Crippen molar-refractivity contribution in [3.05, 3.63) is 0 Å². The molecule has 0 spiro atoms. The van der Waals surface area contributed by atoms with Crippen LogP contribution in [0.25, 0.3) is 0 Å². The van der Waals surface area contributed by atoms with E-state index in [1.54, 1.807) is 0 Å². The first-order chi connectivity index (χ1) is 9.24. The van der Waals surface area contributed by atoms with Gasteiger partial charge in [0.25, 0.3) is 0 Å². The summed E-state index contributed by atoms with van der Waals surface area (Å²) in [5.41, 5.74) is -3.68. The quantitative estimate of drug-likeness (QED) is 0.763. The van der Waals surface area contributed by atoms with Crippen LogP contribution in [0.5, 0.6) is 0 Å². The highest BCUT2D eigenvalue weighted by Gasteiger charge is 2.59. The Labute approximate surface area is 115 Å². The summed E-state index contributed by atoms with van der Waals surface area (Å²) in [6.45, 7) is -0.680. The van der Waals surface area contributed by atoms with Crippen molar-refractivity contribution in [2.45, 2.75) is 38.2 Å². The number of urea groups is 1. The van der Waals surface area contributed by atoms with Gasteiger partial charge in [0.05, 0.1) is 0 Å². The minimum atomic E-state index is -5.37. The van der Waals surface area contributed by atoms with Crippen molar-refractivity contribution in [2.24, 2.45) is 0 Å². The van der Waals surface area contributed by atoms with Gasteiger partial charge in [-0.3, -0.25) is 0 Å². The molecule has 0 aliphatic rings. The average Bonchev–Trinajstić information content (AvgIpc) is 2.24. The van der Waals surface area contributed by atoms with Crippen molar-refractivity contribution in [3.8, 4) is 0 Å². The number of carbonyl (C=O) groups excluding carboxylic acids is 1. The van der Waals surface area contributed by atoms with E-state index in [0.29, 0.717) is 0 Å². The van der Waals surface area contributed by atoms with Crippen LogP contribution in [-0.2, 0) is 4.79 Å². The van der Waals surface area contributed by atoms with Gasteiger partial charge in [-0.25, -0.2) is 9.59 Å². The summed E-state index contributed by atoms with van der Waals surface area (Å²) in [4.78, 5) is 22.3. The number of hydrogen-bond acceptors (Lipinski definition) is 2. The zero-order chi connectivity index (χ0) is 17.1. The van der Waals surface area contributed by atoms with Gasteiger partial charge in [0.2, 0.25) is 5.54 Å². The number of hydrogen-bond donors (Lipinski definition) is 2. The molecule has 0 aliphatic heterocycles. The molecule has 0 aliphatic carbocycles. The molecule has 0 radical (unpaired) electrons. The first-order valence-electron chi connectivity index (χ1n) is 5.68. The van der Waals surface area contributed by atoms with Crippen LogP contribution >= 0.6 is 0 Å². The van der Waals surface area contributed by atoms with E-state index in [9.17, 15) is 35.9 Å². The van der Waals surface area contributed by atoms with Crippen LogP contribution in [0.15, 0.2) is 0 Å². The highest BCUT2D eigenvalue weighted by Crippen LogP contribution is 2.30. The molecule has 124 valence electrons. The Kier molecular flexibility index (Phi) is 5.88. The lowest BCUT2D eigenvalue weighted by atomic mass is 10.0. The highest BCUT2D eigenvalue weighted by molar-refractivity contribution is 5.86. The molecular formula is C10H14F6N2O3. The first kappa shape index (κ1) is 19.3. The molecule has 0 saturated heterocycles. The van der Waals surface area contributed by atoms with E-state index in [-0.39, 0.29) is 18.2 Å². The lowest BCUT2D eigenvalue weighted by Gasteiger charge is -2.32. The van der Waals surface area contributed by atoms with Gasteiger partial charge in [-0.15, -0.1) is 0 Å². The zero-order valence-electron chi connectivity index (χ0n) is 11.1. The fraction of sp³-hybridized carbons (Fsp3) is 0.800. The lowest BCUT2D eigenvalue weighted by Crippen LogP contribution is -2.64. The fourth-order valence-corrected chi connectivity index (χ4v) is 1.28. The number of carboxylic acids is 1. The summed E-state index contributed by atoms with van der Waals surface area (Å²) < 4.78 is 74.8. The molecule has 0 aromatic heterocycles. The Balaban J connectivity index is 5.24. The second kappa shape index (κ2) is 6.39. The molecule has 1 unspecified atom stereocenters. The minimum absolute atomic E-state index is 0.0549. The number of nitrogens with one attached hydrogen (secondary N) is 1. The molecule has 0 heterocycles. The maximum absolute atomic E-state index is 12.7. The number of nitrogens with zero attached hydrogens (tertiary/aromatic N) is 1. The van der Waals surface area contributed by atoms with Gasteiger partial charge in [-0.1, -0.05) is 6.92 Å². The van der Waals surface area contributed by atoms with Crippen molar-refractivity contribution < 1.29 is 41.0 Å². The van der Waals surface area contributed by atoms with E-state index < -0.39 is 43.0 Å². The predicted octanol–water partition coefficient (Wildman–Crippen LogP) is 2.38. The van der Waals surface area contributed by atoms with Gasteiger partial charge >= 0.3 is 24.4 Å². The molecular weight excluding hydrogens is 310 g/mol. The summed E-state index contributed by atoms with van der Waals surface area (Å²) in [6, 6.07) is -1.75. The Morgan fingerprint density at radius 1 is 1.14 bits per heavy atom. The van der Waals surface area contributed by atoms with Crippen LogP contribution < -0.4 is 5.32 Å². The first-order valence-corrected chi connectivity index (χ1v) is 5.68. The molecule has 0 aromatic rings. The second-order valence-electron chi connectivity index (χ2n) is 4.39. The Morgan fingerprint density at radius 2 is 1.62 bits per heavy atom. The third-order valence-corrected chi connectivity index (χ3v) is 2.50. The van der Waals surface area contributed by atoms with Gasteiger partial charge in [-0.05, 0) is 13.3 Å². The molecule has 0 aromatic carbocycles. The van der Waals surface area contributed by atoms with E-state index in [1.165, 1.54) is 6.92 Å².